The summed E-state index contributed by atoms with van der Waals surface area (Å²) < 4.78 is 0. The van der Waals surface area contributed by atoms with Gasteiger partial charge < -0.3 is 0 Å². The first-order valence-electron chi connectivity index (χ1n) is 2.84. The van der Waals surface area contributed by atoms with E-state index in [1.54, 1.807) is 0 Å². The maximum atomic E-state index is 2.24. The quantitative estimate of drug-likeness (QED) is 0.474. The van der Waals surface area contributed by atoms with Crippen LogP contribution in [-0.4, -0.2) is 0 Å². The molecule has 0 N–H and O–H groups in total. The molecule has 0 spiro atoms. The molecule has 0 unspecified atom stereocenters. The van der Waals surface area contributed by atoms with E-state index < -0.39 is 0 Å². The van der Waals surface area contributed by atoms with E-state index in [2.05, 4.69) is 34.1 Å². The van der Waals surface area contributed by atoms with E-state index in [9.17, 15) is 0 Å². The minimum absolute atomic E-state index is 0.495. The summed E-state index contributed by atoms with van der Waals surface area (Å²) in [6, 6.07) is 0. The monoisotopic (exact) mass is 99.1 g/mol. The van der Waals surface area contributed by atoms with Gasteiger partial charge in [-0.2, -0.15) is 0 Å². The van der Waals surface area contributed by atoms with E-state index in [1.807, 2.05) is 0 Å². The second-order valence-corrected chi connectivity index (χ2v) is 3.17. The van der Waals surface area contributed by atoms with Gasteiger partial charge in [0.15, 0.2) is 0 Å². The zero-order valence-electron chi connectivity index (χ0n) is 5.78. The van der Waals surface area contributed by atoms with Crippen LogP contribution in [-0.2, 0) is 0 Å². The van der Waals surface area contributed by atoms with Crippen LogP contribution in [0.4, 0.5) is 0 Å². The fourth-order valence-corrected chi connectivity index (χ4v) is 0.612. The van der Waals surface area contributed by atoms with Crippen molar-refractivity contribution in [3.8, 4) is 0 Å². The van der Waals surface area contributed by atoms with E-state index in [0.29, 0.717) is 5.41 Å². The van der Waals surface area contributed by atoms with Gasteiger partial charge in [0.05, 0.1) is 0 Å². The minimum atomic E-state index is 0.495. The highest BCUT2D eigenvalue weighted by Crippen LogP contribution is 2.18. The van der Waals surface area contributed by atoms with Crippen molar-refractivity contribution in [2.45, 2.75) is 34.1 Å². The molecule has 0 fully saturated rings. The standard InChI is InChI=1S/C7H15/c1-5-6-7(2,3)4/h5H,6H2,1-4H3. The summed E-state index contributed by atoms with van der Waals surface area (Å²) in [5.74, 6) is 0. The zero-order valence-corrected chi connectivity index (χ0v) is 5.78. The molecule has 0 amide bonds. The highest BCUT2D eigenvalue weighted by Gasteiger charge is 2.06. The second kappa shape index (κ2) is 2.34. The van der Waals surface area contributed by atoms with Crippen LogP contribution in [0.2, 0.25) is 0 Å². The van der Waals surface area contributed by atoms with Crippen molar-refractivity contribution in [1.29, 1.82) is 0 Å². The lowest BCUT2D eigenvalue weighted by Crippen LogP contribution is -2.02. The fraction of sp³-hybridized carbons (Fsp3) is 0.857. The Morgan fingerprint density at radius 3 is 1.71 bits per heavy atom. The van der Waals surface area contributed by atoms with Gasteiger partial charge in [-0.05, 0) is 18.3 Å². The summed E-state index contributed by atoms with van der Waals surface area (Å²) in [4.78, 5) is 0. The lowest BCUT2D eigenvalue weighted by molar-refractivity contribution is 0.407. The lowest BCUT2D eigenvalue weighted by Gasteiger charge is -2.15. The van der Waals surface area contributed by atoms with Crippen LogP contribution in [0.5, 0.6) is 0 Å². The summed E-state index contributed by atoms with van der Waals surface area (Å²) in [7, 11) is 0. The third-order valence-electron chi connectivity index (χ3n) is 0.816. The van der Waals surface area contributed by atoms with Crippen molar-refractivity contribution < 1.29 is 0 Å². The normalized spacial score (nSPS) is 12.0. The third-order valence-corrected chi connectivity index (χ3v) is 0.816. The molecule has 0 aromatic heterocycles. The second-order valence-electron chi connectivity index (χ2n) is 3.17. The van der Waals surface area contributed by atoms with E-state index in [4.69, 9.17) is 0 Å². The first-order valence-corrected chi connectivity index (χ1v) is 2.84. The molecule has 7 heavy (non-hydrogen) atoms. The van der Waals surface area contributed by atoms with Crippen LogP contribution in [0, 0.1) is 11.8 Å². The van der Waals surface area contributed by atoms with Crippen molar-refractivity contribution in [2.75, 3.05) is 0 Å². The van der Waals surface area contributed by atoms with E-state index in [1.165, 1.54) is 6.42 Å². The van der Waals surface area contributed by atoms with Crippen molar-refractivity contribution in [2.24, 2.45) is 5.41 Å². The number of hydrogen-bond acceptors (Lipinski definition) is 0. The largest absolute Gasteiger partial charge is 0.0622 e. The molecule has 0 aliphatic heterocycles. The maximum absolute atomic E-state index is 2.24. The third kappa shape index (κ3) is 6.00. The van der Waals surface area contributed by atoms with E-state index >= 15 is 0 Å². The van der Waals surface area contributed by atoms with Gasteiger partial charge in [-0.3, -0.25) is 0 Å². The van der Waals surface area contributed by atoms with E-state index in [0.717, 1.165) is 0 Å². The van der Waals surface area contributed by atoms with Crippen LogP contribution < -0.4 is 0 Å². The molecule has 0 aliphatic carbocycles. The van der Waals surface area contributed by atoms with Gasteiger partial charge in [0, 0.05) is 0 Å². The topological polar surface area (TPSA) is 0 Å². The summed E-state index contributed by atoms with van der Waals surface area (Å²) >= 11 is 0. The SMILES string of the molecule is C[CH]CC(C)(C)C. The van der Waals surface area contributed by atoms with Gasteiger partial charge in [0.2, 0.25) is 0 Å². The fourth-order valence-electron chi connectivity index (χ4n) is 0.612. The molecule has 0 atom stereocenters. The molecule has 0 aromatic carbocycles. The minimum Gasteiger partial charge on any atom is -0.0622 e. The van der Waals surface area contributed by atoms with Crippen LogP contribution in [0.3, 0.4) is 0 Å². The molecule has 0 saturated heterocycles. The summed E-state index contributed by atoms with van der Waals surface area (Å²) in [6.45, 7) is 8.83. The summed E-state index contributed by atoms with van der Waals surface area (Å²) in [6.07, 6.45) is 3.42. The van der Waals surface area contributed by atoms with Crippen LogP contribution in [0.15, 0.2) is 0 Å². The van der Waals surface area contributed by atoms with Crippen molar-refractivity contribution >= 4 is 0 Å². The Hall–Kier alpha value is 0. The number of hydrogen-bond donors (Lipinski definition) is 0. The molecule has 0 heterocycles. The van der Waals surface area contributed by atoms with Crippen molar-refractivity contribution in [3.63, 3.8) is 0 Å². The molecular weight excluding hydrogens is 84.1 g/mol. The predicted octanol–water partition coefficient (Wildman–Crippen LogP) is 2.65. The summed E-state index contributed by atoms with van der Waals surface area (Å²) in [5, 5.41) is 0. The Kier molecular flexibility index (Phi) is 2.34. The van der Waals surface area contributed by atoms with Gasteiger partial charge in [-0.15, -0.1) is 0 Å². The Morgan fingerprint density at radius 1 is 1.29 bits per heavy atom. The predicted molar refractivity (Wildman–Crippen MR) is 34.0 cm³/mol. The Morgan fingerprint density at radius 2 is 1.71 bits per heavy atom. The first kappa shape index (κ1) is 7.00. The molecule has 0 heteroatoms. The Balaban J connectivity index is 3.15. The van der Waals surface area contributed by atoms with Gasteiger partial charge in [0.25, 0.3) is 0 Å². The van der Waals surface area contributed by atoms with Crippen molar-refractivity contribution in [1.82, 2.24) is 0 Å². The van der Waals surface area contributed by atoms with Crippen LogP contribution in [0.25, 0.3) is 0 Å². The summed E-state index contributed by atoms with van der Waals surface area (Å²) in [5.41, 5.74) is 0.495. The lowest BCUT2D eigenvalue weighted by atomic mass is 9.91. The Labute approximate surface area is 46.9 Å². The van der Waals surface area contributed by atoms with Gasteiger partial charge in [0.1, 0.15) is 0 Å². The van der Waals surface area contributed by atoms with Crippen molar-refractivity contribution in [3.05, 3.63) is 6.42 Å². The maximum Gasteiger partial charge on any atom is -0.0380 e. The molecule has 1 radical (unpaired) electrons. The molecule has 0 saturated carbocycles. The number of rotatable bonds is 1. The smallest absolute Gasteiger partial charge is 0.0380 e. The molecule has 0 aromatic rings. The van der Waals surface area contributed by atoms with Gasteiger partial charge in [-0.25, -0.2) is 0 Å². The molecule has 0 nitrogen and oxygen atoms in total. The highest BCUT2D eigenvalue weighted by atomic mass is 14.1. The molecule has 43 valence electrons. The van der Waals surface area contributed by atoms with Gasteiger partial charge >= 0.3 is 0 Å². The first-order chi connectivity index (χ1) is 3.06. The average molecular weight is 99.2 g/mol. The molecule has 0 rings (SSSR count). The molecular formula is C7H15. The van der Waals surface area contributed by atoms with Crippen LogP contribution in [0.1, 0.15) is 34.1 Å². The highest BCUT2D eigenvalue weighted by molar-refractivity contribution is 4.68. The van der Waals surface area contributed by atoms with E-state index in [-0.39, 0.29) is 0 Å². The molecule has 0 bridgehead atoms. The van der Waals surface area contributed by atoms with Gasteiger partial charge in [-0.1, -0.05) is 27.7 Å². The zero-order chi connectivity index (χ0) is 5.91. The molecule has 0 aliphatic rings. The van der Waals surface area contributed by atoms with Crippen LogP contribution >= 0.6 is 0 Å². The average Bonchev–Trinajstić information content (AvgIpc) is 1.30. The Bertz CT molecular complexity index is 38.5.